The summed E-state index contributed by atoms with van der Waals surface area (Å²) in [7, 11) is 1.65. The number of nitrogen functional groups attached to an aromatic ring is 1. The van der Waals surface area contributed by atoms with Crippen molar-refractivity contribution in [1.29, 1.82) is 0 Å². The molecule has 1 aromatic carbocycles. The average molecular weight is 275 g/mol. The summed E-state index contributed by atoms with van der Waals surface area (Å²) in [5, 5.41) is 2.71. The van der Waals surface area contributed by atoms with Gasteiger partial charge in [0, 0.05) is 30.5 Å². The minimum absolute atomic E-state index is 0.0194. The van der Waals surface area contributed by atoms with E-state index in [2.05, 4.69) is 10.2 Å². The van der Waals surface area contributed by atoms with Crippen molar-refractivity contribution < 1.29 is 9.59 Å². The molecule has 20 heavy (non-hydrogen) atoms. The van der Waals surface area contributed by atoms with Crippen molar-refractivity contribution in [3.05, 3.63) is 23.8 Å². The standard InChI is InChI=1S/C15H21N3O2/c1-10(19)12-9-11(6-7-13(12)16)18-8-4-3-5-14(18)15(20)17-2/h6-7,9,14H,3-5,8,16H2,1-2H3,(H,17,20). The molecule has 1 aliphatic heterocycles. The number of nitrogens with zero attached hydrogens (tertiary/aromatic N) is 1. The van der Waals surface area contributed by atoms with Crippen LogP contribution < -0.4 is 16.0 Å². The number of nitrogens with two attached hydrogens (primary N) is 1. The van der Waals surface area contributed by atoms with Crippen LogP contribution in [0.5, 0.6) is 0 Å². The molecule has 5 nitrogen and oxygen atoms in total. The van der Waals surface area contributed by atoms with E-state index < -0.39 is 0 Å². The Morgan fingerprint density at radius 2 is 2.10 bits per heavy atom. The van der Waals surface area contributed by atoms with E-state index in [4.69, 9.17) is 5.73 Å². The van der Waals surface area contributed by atoms with E-state index in [-0.39, 0.29) is 17.7 Å². The van der Waals surface area contributed by atoms with Crippen molar-refractivity contribution in [2.75, 3.05) is 24.2 Å². The maximum absolute atomic E-state index is 12.0. The minimum Gasteiger partial charge on any atom is -0.398 e. The van der Waals surface area contributed by atoms with E-state index in [1.807, 2.05) is 6.07 Å². The summed E-state index contributed by atoms with van der Waals surface area (Å²) in [6, 6.07) is 5.24. The molecule has 1 amide bonds. The van der Waals surface area contributed by atoms with Gasteiger partial charge in [0.05, 0.1) is 0 Å². The zero-order valence-corrected chi connectivity index (χ0v) is 12.0. The number of rotatable bonds is 3. The first-order valence-electron chi connectivity index (χ1n) is 6.93. The monoisotopic (exact) mass is 275 g/mol. The maximum Gasteiger partial charge on any atom is 0.242 e. The highest BCUT2D eigenvalue weighted by molar-refractivity contribution is 6.00. The molecule has 0 aliphatic carbocycles. The molecule has 0 spiro atoms. The number of hydrogen-bond acceptors (Lipinski definition) is 4. The largest absolute Gasteiger partial charge is 0.398 e. The van der Waals surface area contributed by atoms with Crippen LogP contribution in [-0.4, -0.2) is 31.3 Å². The minimum atomic E-state index is -0.169. The predicted molar refractivity (Wildman–Crippen MR) is 79.9 cm³/mol. The van der Waals surface area contributed by atoms with Crippen molar-refractivity contribution in [3.63, 3.8) is 0 Å². The van der Waals surface area contributed by atoms with Crippen molar-refractivity contribution in [2.45, 2.75) is 32.2 Å². The Bertz CT molecular complexity index is 528. The van der Waals surface area contributed by atoms with Crippen LogP contribution in [0.2, 0.25) is 0 Å². The van der Waals surface area contributed by atoms with Gasteiger partial charge < -0.3 is 16.0 Å². The summed E-state index contributed by atoms with van der Waals surface area (Å²) in [6.07, 6.45) is 2.93. The van der Waals surface area contributed by atoms with Crippen molar-refractivity contribution in [1.82, 2.24) is 5.32 Å². The molecule has 108 valence electrons. The van der Waals surface area contributed by atoms with Gasteiger partial charge in [-0.1, -0.05) is 0 Å². The van der Waals surface area contributed by atoms with Crippen LogP contribution in [0.15, 0.2) is 18.2 Å². The van der Waals surface area contributed by atoms with Gasteiger partial charge in [0.1, 0.15) is 6.04 Å². The second kappa shape index (κ2) is 5.94. The topological polar surface area (TPSA) is 75.4 Å². The van der Waals surface area contributed by atoms with Crippen molar-refractivity contribution >= 4 is 23.1 Å². The second-order valence-corrected chi connectivity index (χ2v) is 5.15. The fraction of sp³-hybridized carbons (Fsp3) is 0.467. The molecular weight excluding hydrogens is 254 g/mol. The number of piperidine rings is 1. The lowest BCUT2D eigenvalue weighted by atomic mass is 9.99. The molecule has 1 aromatic rings. The van der Waals surface area contributed by atoms with Gasteiger partial charge >= 0.3 is 0 Å². The number of benzene rings is 1. The summed E-state index contributed by atoms with van der Waals surface area (Å²) < 4.78 is 0. The molecule has 3 N–H and O–H groups in total. The van der Waals surface area contributed by atoms with E-state index in [0.717, 1.165) is 31.5 Å². The molecule has 1 heterocycles. The van der Waals surface area contributed by atoms with Crippen LogP contribution in [0, 0.1) is 0 Å². The lowest BCUT2D eigenvalue weighted by Crippen LogP contribution is -2.48. The highest BCUT2D eigenvalue weighted by Gasteiger charge is 2.28. The summed E-state index contributed by atoms with van der Waals surface area (Å²) in [6.45, 7) is 2.32. The highest BCUT2D eigenvalue weighted by Crippen LogP contribution is 2.28. The fourth-order valence-corrected chi connectivity index (χ4v) is 2.71. The first-order valence-corrected chi connectivity index (χ1v) is 6.93. The molecule has 1 atom stereocenters. The number of likely N-dealkylation sites (N-methyl/N-ethyl adjacent to an activating group) is 1. The molecule has 5 heteroatoms. The smallest absolute Gasteiger partial charge is 0.242 e. The molecule has 0 radical (unpaired) electrons. The number of carbonyl (C=O) groups excluding carboxylic acids is 2. The normalized spacial score (nSPS) is 18.7. The van der Waals surface area contributed by atoms with Gasteiger partial charge in [0.25, 0.3) is 0 Å². The van der Waals surface area contributed by atoms with Crippen LogP contribution >= 0.6 is 0 Å². The van der Waals surface area contributed by atoms with Crippen molar-refractivity contribution in [2.24, 2.45) is 0 Å². The van der Waals surface area contributed by atoms with E-state index in [1.165, 1.54) is 6.92 Å². The zero-order chi connectivity index (χ0) is 14.7. The van der Waals surface area contributed by atoms with E-state index >= 15 is 0 Å². The fourth-order valence-electron chi connectivity index (χ4n) is 2.71. The molecule has 0 aromatic heterocycles. The molecule has 1 saturated heterocycles. The van der Waals surface area contributed by atoms with E-state index in [9.17, 15) is 9.59 Å². The Kier molecular flexibility index (Phi) is 4.27. The summed E-state index contributed by atoms with van der Waals surface area (Å²) >= 11 is 0. The third-order valence-electron chi connectivity index (χ3n) is 3.80. The van der Waals surface area contributed by atoms with Gasteiger partial charge in [-0.25, -0.2) is 0 Å². The van der Waals surface area contributed by atoms with E-state index in [0.29, 0.717) is 11.3 Å². The number of carbonyl (C=O) groups is 2. The van der Waals surface area contributed by atoms with Gasteiger partial charge in [0.15, 0.2) is 5.78 Å². The third kappa shape index (κ3) is 2.76. The van der Waals surface area contributed by atoms with Gasteiger partial charge in [-0.2, -0.15) is 0 Å². The Labute approximate surface area is 119 Å². The first kappa shape index (κ1) is 14.4. The quantitative estimate of drug-likeness (QED) is 0.648. The molecule has 2 rings (SSSR count). The number of amides is 1. The molecule has 1 fully saturated rings. The van der Waals surface area contributed by atoms with Crippen LogP contribution in [0.1, 0.15) is 36.5 Å². The van der Waals surface area contributed by atoms with Crippen LogP contribution in [-0.2, 0) is 4.79 Å². The van der Waals surface area contributed by atoms with Crippen LogP contribution in [0.4, 0.5) is 11.4 Å². The van der Waals surface area contributed by atoms with E-state index in [1.54, 1.807) is 19.2 Å². The lowest BCUT2D eigenvalue weighted by molar-refractivity contribution is -0.122. The summed E-state index contributed by atoms with van der Waals surface area (Å²) in [5.74, 6) is -0.0382. The highest BCUT2D eigenvalue weighted by atomic mass is 16.2. The SMILES string of the molecule is CNC(=O)C1CCCCN1c1ccc(N)c(C(C)=O)c1. The van der Waals surface area contributed by atoms with Crippen molar-refractivity contribution in [3.8, 4) is 0 Å². The Hall–Kier alpha value is -2.04. The van der Waals surface area contributed by atoms with Crippen LogP contribution in [0.3, 0.4) is 0 Å². The van der Waals surface area contributed by atoms with Crippen LogP contribution in [0.25, 0.3) is 0 Å². The molecule has 0 saturated carbocycles. The number of Topliss-reactive ketones (excluding diaryl/α,β-unsaturated/α-hetero) is 1. The number of hydrogen-bond donors (Lipinski definition) is 2. The molecular formula is C15H21N3O2. The van der Waals surface area contributed by atoms with Gasteiger partial charge in [-0.15, -0.1) is 0 Å². The predicted octanol–water partition coefficient (Wildman–Crippen LogP) is 1.58. The zero-order valence-electron chi connectivity index (χ0n) is 12.0. The second-order valence-electron chi connectivity index (χ2n) is 5.15. The maximum atomic E-state index is 12.0. The first-order chi connectivity index (χ1) is 9.54. The molecule has 1 aliphatic rings. The molecule has 0 bridgehead atoms. The number of nitrogens with one attached hydrogen (secondary N) is 1. The number of ketones is 1. The summed E-state index contributed by atoms with van der Waals surface area (Å²) in [4.78, 5) is 25.7. The Morgan fingerprint density at radius 1 is 1.35 bits per heavy atom. The average Bonchev–Trinajstić information content (AvgIpc) is 2.46. The Balaban J connectivity index is 2.35. The third-order valence-corrected chi connectivity index (χ3v) is 3.80. The Morgan fingerprint density at radius 3 is 2.75 bits per heavy atom. The van der Waals surface area contributed by atoms with Gasteiger partial charge in [-0.3, -0.25) is 9.59 Å². The lowest BCUT2D eigenvalue weighted by Gasteiger charge is -2.36. The summed E-state index contributed by atoms with van der Waals surface area (Å²) in [5.41, 5.74) is 7.71. The van der Waals surface area contributed by atoms with Gasteiger partial charge in [0.2, 0.25) is 5.91 Å². The number of anilines is 2. The molecule has 1 unspecified atom stereocenters. The van der Waals surface area contributed by atoms with Gasteiger partial charge in [-0.05, 0) is 44.4 Å².